The van der Waals surface area contributed by atoms with Gasteiger partial charge in [0.15, 0.2) is 5.69 Å². The van der Waals surface area contributed by atoms with E-state index in [2.05, 4.69) is 35.4 Å². The monoisotopic (exact) mass is 284 g/mol. The normalized spacial score (nSPS) is 10.3. The zero-order chi connectivity index (χ0) is 15.1. The molecule has 0 bridgehead atoms. The molecule has 1 aromatic carbocycles. The Kier molecular flexibility index (Phi) is 5.33. The zero-order valence-corrected chi connectivity index (χ0v) is 12.5. The van der Waals surface area contributed by atoms with Crippen molar-refractivity contribution < 1.29 is 4.74 Å². The van der Waals surface area contributed by atoms with Crippen molar-refractivity contribution in [1.82, 2.24) is 15.0 Å². The van der Waals surface area contributed by atoms with E-state index < -0.39 is 0 Å². The molecular formula is C16H20N4O. The summed E-state index contributed by atoms with van der Waals surface area (Å²) in [4.78, 5) is 0. The lowest BCUT2D eigenvalue weighted by Gasteiger charge is -2.08. The van der Waals surface area contributed by atoms with Crippen LogP contribution in [0.15, 0.2) is 24.3 Å². The van der Waals surface area contributed by atoms with Gasteiger partial charge in [-0.2, -0.15) is 5.26 Å². The van der Waals surface area contributed by atoms with Crippen LogP contribution in [0.25, 0.3) is 0 Å². The molecule has 0 aliphatic carbocycles. The Morgan fingerprint density at radius 1 is 1.19 bits per heavy atom. The third-order valence-electron chi connectivity index (χ3n) is 3.39. The summed E-state index contributed by atoms with van der Waals surface area (Å²) in [6, 6.07) is 10.2. The Morgan fingerprint density at radius 2 is 1.95 bits per heavy atom. The summed E-state index contributed by atoms with van der Waals surface area (Å²) in [5, 5.41) is 16.8. The van der Waals surface area contributed by atoms with Crippen molar-refractivity contribution in [1.29, 1.82) is 5.26 Å². The molecule has 1 aromatic heterocycles. The number of nitriles is 1. The molecule has 2 aromatic rings. The highest BCUT2D eigenvalue weighted by Crippen LogP contribution is 2.13. The van der Waals surface area contributed by atoms with Crippen LogP contribution >= 0.6 is 0 Å². The molecule has 0 atom stereocenters. The average molecular weight is 284 g/mol. The van der Waals surface area contributed by atoms with E-state index in [-0.39, 0.29) is 0 Å². The molecule has 2 rings (SSSR count). The zero-order valence-electron chi connectivity index (χ0n) is 12.5. The van der Waals surface area contributed by atoms with E-state index in [1.165, 1.54) is 5.56 Å². The minimum Gasteiger partial charge on any atom is -0.494 e. The van der Waals surface area contributed by atoms with E-state index in [1.807, 2.05) is 19.1 Å². The van der Waals surface area contributed by atoms with E-state index in [0.717, 1.165) is 30.7 Å². The summed E-state index contributed by atoms with van der Waals surface area (Å²) >= 11 is 0. The second-order valence-corrected chi connectivity index (χ2v) is 4.77. The Morgan fingerprint density at radius 3 is 2.57 bits per heavy atom. The topological polar surface area (TPSA) is 63.7 Å². The largest absolute Gasteiger partial charge is 0.494 e. The lowest BCUT2D eigenvalue weighted by molar-refractivity contribution is 0.297. The van der Waals surface area contributed by atoms with Crippen molar-refractivity contribution in [3.8, 4) is 11.8 Å². The standard InChI is InChI=1S/C16H20N4O/c1-3-13-6-8-14(9-7-13)21-11-5-10-20-16(4-2)15(12-17)18-19-20/h6-9H,3-5,10-11H2,1-2H3. The lowest BCUT2D eigenvalue weighted by Crippen LogP contribution is -2.09. The third kappa shape index (κ3) is 3.82. The predicted molar refractivity (Wildman–Crippen MR) is 80.0 cm³/mol. The molecule has 1 heterocycles. The first kappa shape index (κ1) is 15.0. The Bertz CT molecular complexity index is 610. The van der Waals surface area contributed by atoms with Crippen molar-refractivity contribution in [3.63, 3.8) is 0 Å². The number of ether oxygens (including phenoxy) is 1. The molecule has 0 unspecified atom stereocenters. The quantitative estimate of drug-likeness (QED) is 0.733. The number of hydrogen-bond acceptors (Lipinski definition) is 4. The molecule has 110 valence electrons. The molecule has 0 spiro atoms. The fourth-order valence-corrected chi connectivity index (χ4v) is 2.17. The van der Waals surface area contributed by atoms with Crippen molar-refractivity contribution in [2.45, 2.75) is 39.7 Å². The predicted octanol–water partition coefficient (Wildman–Crippen LogP) is 2.74. The molecule has 0 N–H and O–H groups in total. The molecule has 0 aliphatic heterocycles. The van der Waals surface area contributed by atoms with Crippen LogP contribution < -0.4 is 4.74 Å². The number of benzene rings is 1. The smallest absolute Gasteiger partial charge is 0.185 e. The first-order chi connectivity index (χ1) is 10.3. The molecule has 0 radical (unpaired) electrons. The van der Waals surface area contributed by atoms with E-state index in [1.54, 1.807) is 4.68 Å². The highest BCUT2D eigenvalue weighted by Gasteiger charge is 2.09. The van der Waals surface area contributed by atoms with Crippen LogP contribution in [0, 0.1) is 11.3 Å². The number of rotatable bonds is 7. The Hall–Kier alpha value is -2.35. The fraction of sp³-hybridized carbons (Fsp3) is 0.438. The van der Waals surface area contributed by atoms with E-state index in [9.17, 15) is 0 Å². The molecule has 0 saturated heterocycles. The van der Waals surface area contributed by atoms with Crippen molar-refractivity contribution in [3.05, 3.63) is 41.2 Å². The van der Waals surface area contributed by atoms with E-state index in [0.29, 0.717) is 18.8 Å². The van der Waals surface area contributed by atoms with Crippen molar-refractivity contribution in [2.24, 2.45) is 0 Å². The lowest BCUT2D eigenvalue weighted by atomic mass is 10.2. The molecule has 5 nitrogen and oxygen atoms in total. The summed E-state index contributed by atoms with van der Waals surface area (Å²) in [7, 11) is 0. The van der Waals surface area contributed by atoms with Crippen LogP contribution in [0.4, 0.5) is 0 Å². The summed E-state index contributed by atoms with van der Waals surface area (Å²) in [6.07, 6.45) is 2.62. The molecule has 21 heavy (non-hydrogen) atoms. The molecule has 0 saturated carbocycles. The SMILES string of the molecule is CCc1ccc(OCCCn2nnc(C#N)c2CC)cc1. The van der Waals surface area contributed by atoms with Gasteiger partial charge in [-0.15, -0.1) is 5.10 Å². The van der Waals surface area contributed by atoms with Gasteiger partial charge >= 0.3 is 0 Å². The third-order valence-corrected chi connectivity index (χ3v) is 3.39. The van der Waals surface area contributed by atoms with Crippen LogP contribution in [-0.2, 0) is 19.4 Å². The number of aromatic nitrogens is 3. The Labute approximate surface area is 125 Å². The van der Waals surface area contributed by atoms with Crippen molar-refractivity contribution >= 4 is 0 Å². The van der Waals surface area contributed by atoms with Gasteiger partial charge in [-0.05, 0) is 30.5 Å². The molecular weight excluding hydrogens is 264 g/mol. The van der Waals surface area contributed by atoms with Gasteiger partial charge in [0.25, 0.3) is 0 Å². The second kappa shape index (κ2) is 7.44. The second-order valence-electron chi connectivity index (χ2n) is 4.77. The van der Waals surface area contributed by atoms with E-state index in [4.69, 9.17) is 10.00 Å². The highest BCUT2D eigenvalue weighted by molar-refractivity contribution is 5.27. The van der Waals surface area contributed by atoms with Gasteiger partial charge in [0, 0.05) is 13.0 Å². The molecule has 0 fully saturated rings. The minimum atomic E-state index is 0.425. The van der Waals surface area contributed by atoms with Gasteiger partial charge in [0.05, 0.1) is 12.3 Å². The van der Waals surface area contributed by atoms with Crippen LogP contribution in [0.2, 0.25) is 0 Å². The van der Waals surface area contributed by atoms with Crippen LogP contribution in [-0.4, -0.2) is 21.6 Å². The van der Waals surface area contributed by atoms with E-state index >= 15 is 0 Å². The first-order valence-electron chi connectivity index (χ1n) is 7.32. The average Bonchev–Trinajstić information content (AvgIpc) is 2.94. The first-order valence-corrected chi connectivity index (χ1v) is 7.32. The fourth-order valence-electron chi connectivity index (χ4n) is 2.17. The maximum absolute atomic E-state index is 8.94. The summed E-state index contributed by atoms with van der Waals surface area (Å²) < 4.78 is 7.50. The Balaban J connectivity index is 1.82. The maximum Gasteiger partial charge on any atom is 0.185 e. The number of aryl methyl sites for hydroxylation is 2. The summed E-state index contributed by atoms with van der Waals surface area (Å²) in [5.41, 5.74) is 2.62. The van der Waals surface area contributed by atoms with Crippen LogP contribution in [0.5, 0.6) is 5.75 Å². The highest BCUT2D eigenvalue weighted by atomic mass is 16.5. The number of nitrogens with zero attached hydrogens (tertiary/aromatic N) is 4. The summed E-state index contributed by atoms with van der Waals surface area (Å²) in [6.45, 7) is 5.47. The van der Waals surface area contributed by atoms with Gasteiger partial charge in [0.1, 0.15) is 11.8 Å². The van der Waals surface area contributed by atoms with Gasteiger partial charge in [-0.25, -0.2) is 4.68 Å². The number of hydrogen-bond donors (Lipinski definition) is 0. The van der Waals surface area contributed by atoms with Gasteiger partial charge in [-0.1, -0.05) is 31.2 Å². The maximum atomic E-state index is 8.94. The summed E-state index contributed by atoms with van der Waals surface area (Å²) in [5.74, 6) is 0.888. The van der Waals surface area contributed by atoms with Gasteiger partial charge in [0.2, 0.25) is 0 Å². The molecule has 0 aliphatic rings. The van der Waals surface area contributed by atoms with Crippen LogP contribution in [0.1, 0.15) is 37.2 Å². The van der Waals surface area contributed by atoms with Gasteiger partial charge < -0.3 is 4.74 Å². The van der Waals surface area contributed by atoms with Crippen LogP contribution in [0.3, 0.4) is 0 Å². The molecule has 5 heteroatoms. The minimum absolute atomic E-state index is 0.425. The molecule has 0 amide bonds. The van der Waals surface area contributed by atoms with Crippen molar-refractivity contribution in [2.75, 3.05) is 6.61 Å². The van der Waals surface area contributed by atoms with Gasteiger partial charge in [-0.3, -0.25) is 0 Å².